The Labute approximate surface area is 162 Å². The minimum absolute atomic E-state index is 0.251. The molecule has 3 aromatic rings. The molecule has 3 aromatic carbocycles. The number of benzene rings is 3. The zero-order chi connectivity index (χ0) is 19.8. The second-order valence-corrected chi connectivity index (χ2v) is 6.87. The van der Waals surface area contributed by atoms with E-state index in [4.69, 9.17) is 0 Å². The summed E-state index contributed by atoms with van der Waals surface area (Å²) in [6, 6.07) is 19.0. The van der Waals surface area contributed by atoms with Crippen molar-refractivity contribution in [3.8, 4) is 0 Å². The summed E-state index contributed by atoms with van der Waals surface area (Å²) >= 11 is 0. The standard InChI is InChI=1S/C23H18N2O3/c1-14-11-15(2)13-17(12-14)24-21(26)16-7-9-18(10-8-16)25-22(27)19-5-3-4-6-20(19)23(25)28/h3-13H,1-2H3,(H,24,26). The van der Waals surface area contributed by atoms with E-state index in [1.165, 1.54) is 0 Å². The fourth-order valence-electron chi connectivity index (χ4n) is 3.44. The molecule has 0 spiro atoms. The van der Waals surface area contributed by atoms with Crippen molar-refractivity contribution in [3.05, 3.63) is 94.5 Å². The fraction of sp³-hybridized carbons (Fsp3) is 0.0870. The number of rotatable bonds is 3. The van der Waals surface area contributed by atoms with Gasteiger partial charge in [-0.2, -0.15) is 0 Å². The van der Waals surface area contributed by atoms with Gasteiger partial charge < -0.3 is 5.32 Å². The van der Waals surface area contributed by atoms with Crippen molar-refractivity contribution in [3.63, 3.8) is 0 Å². The number of nitrogens with zero attached hydrogens (tertiary/aromatic N) is 1. The number of imide groups is 1. The molecule has 0 aliphatic carbocycles. The van der Waals surface area contributed by atoms with Crippen molar-refractivity contribution < 1.29 is 14.4 Å². The van der Waals surface area contributed by atoms with Crippen LogP contribution in [-0.4, -0.2) is 17.7 Å². The minimum atomic E-state index is -0.354. The SMILES string of the molecule is Cc1cc(C)cc(NC(=O)c2ccc(N3C(=O)c4ccccc4C3=O)cc2)c1. The van der Waals surface area contributed by atoms with Gasteiger partial charge in [-0.1, -0.05) is 18.2 Å². The van der Waals surface area contributed by atoms with Crippen LogP contribution in [0.2, 0.25) is 0 Å². The van der Waals surface area contributed by atoms with Crippen LogP contribution < -0.4 is 10.2 Å². The molecule has 1 heterocycles. The van der Waals surface area contributed by atoms with E-state index in [1.807, 2.05) is 32.0 Å². The van der Waals surface area contributed by atoms with Gasteiger partial charge in [0.15, 0.2) is 0 Å². The van der Waals surface area contributed by atoms with Gasteiger partial charge in [0.05, 0.1) is 16.8 Å². The lowest BCUT2D eigenvalue weighted by atomic mass is 10.1. The number of fused-ring (bicyclic) bond motifs is 1. The lowest BCUT2D eigenvalue weighted by molar-refractivity contribution is 0.0925. The Hall–Kier alpha value is -3.73. The summed E-state index contributed by atoms with van der Waals surface area (Å²) in [5.41, 5.74) is 4.53. The van der Waals surface area contributed by atoms with Crippen LogP contribution in [0.15, 0.2) is 66.7 Å². The van der Waals surface area contributed by atoms with Gasteiger partial charge in [0.25, 0.3) is 17.7 Å². The largest absolute Gasteiger partial charge is 0.322 e. The van der Waals surface area contributed by atoms with E-state index >= 15 is 0 Å². The molecule has 0 fully saturated rings. The van der Waals surface area contributed by atoms with E-state index < -0.39 is 0 Å². The number of carbonyl (C=O) groups excluding carboxylic acids is 3. The van der Waals surface area contributed by atoms with Crippen molar-refractivity contribution >= 4 is 29.1 Å². The first-order valence-corrected chi connectivity index (χ1v) is 8.91. The molecule has 28 heavy (non-hydrogen) atoms. The van der Waals surface area contributed by atoms with Crippen LogP contribution in [0.3, 0.4) is 0 Å². The van der Waals surface area contributed by atoms with Gasteiger partial charge in [-0.15, -0.1) is 0 Å². The van der Waals surface area contributed by atoms with Gasteiger partial charge >= 0.3 is 0 Å². The maximum atomic E-state index is 12.6. The molecule has 5 heteroatoms. The summed E-state index contributed by atoms with van der Waals surface area (Å²) in [6.07, 6.45) is 0. The topological polar surface area (TPSA) is 66.5 Å². The molecule has 3 amide bonds. The summed E-state index contributed by atoms with van der Waals surface area (Å²) in [5.74, 6) is -0.958. The Morgan fingerprint density at radius 1 is 0.786 bits per heavy atom. The van der Waals surface area contributed by atoms with Gasteiger partial charge in [-0.25, -0.2) is 4.90 Å². The third-order valence-electron chi connectivity index (χ3n) is 4.66. The molecular weight excluding hydrogens is 352 g/mol. The number of aryl methyl sites for hydroxylation is 2. The maximum Gasteiger partial charge on any atom is 0.266 e. The molecule has 0 saturated carbocycles. The number of carbonyl (C=O) groups is 3. The van der Waals surface area contributed by atoms with Gasteiger partial charge in [0.1, 0.15) is 0 Å². The van der Waals surface area contributed by atoms with Crippen LogP contribution in [0.4, 0.5) is 11.4 Å². The first-order chi connectivity index (χ1) is 13.4. The normalized spacial score (nSPS) is 12.9. The molecule has 5 nitrogen and oxygen atoms in total. The molecule has 1 aliphatic rings. The summed E-state index contributed by atoms with van der Waals surface area (Å²) in [7, 11) is 0. The minimum Gasteiger partial charge on any atom is -0.322 e. The second kappa shape index (κ2) is 6.78. The molecule has 1 N–H and O–H groups in total. The van der Waals surface area contributed by atoms with Crippen LogP contribution in [-0.2, 0) is 0 Å². The van der Waals surface area contributed by atoms with E-state index in [9.17, 15) is 14.4 Å². The molecule has 4 rings (SSSR count). The fourth-order valence-corrected chi connectivity index (χ4v) is 3.44. The Balaban J connectivity index is 1.55. The Bertz CT molecular complexity index is 1060. The van der Waals surface area contributed by atoms with Crippen LogP contribution >= 0.6 is 0 Å². The zero-order valence-electron chi connectivity index (χ0n) is 15.5. The highest BCUT2D eigenvalue weighted by Crippen LogP contribution is 2.28. The van der Waals surface area contributed by atoms with Crippen LogP contribution in [0, 0.1) is 13.8 Å². The van der Waals surface area contributed by atoms with Crippen LogP contribution in [0.5, 0.6) is 0 Å². The zero-order valence-corrected chi connectivity index (χ0v) is 15.5. The molecule has 1 aliphatic heterocycles. The smallest absolute Gasteiger partial charge is 0.266 e. The Morgan fingerprint density at radius 2 is 1.32 bits per heavy atom. The quantitative estimate of drug-likeness (QED) is 0.697. The maximum absolute atomic E-state index is 12.6. The average molecular weight is 370 g/mol. The van der Waals surface area contributed by atoms with Gasteiger partial charge in [-0.05, 0) is 73.5 Å². The highest BCUT2D eigenvalue weighted by atomic mass is 16.2. The number of anilines is 2. The molecule has 0 radical (unpaired) electrons. The van der Waals surface area contributed by atoms with E-state index in [0.717, 1.165) is 21.7 Å². The van der Waals surface area contributed by atoms with E-state index in [1.54, 1.807) is 48.5 Å². The Kier molecular flexibility index (Phi) is 4.28. The van der Waals surface area contributed by atoms with Crippen molar-refractivity contribution in [1.82, 2.24) is 0 Å². The highest BCUT2D eigenvalue weighted by Gasteiger charge is 2.36. The highest BCUT2D eigenvalue weighted by molar-refractivity contribution is 6.34. The van der Waals surface area contributed by atoms with E-state index in [2.05, 4.69) is 5.32 Å². The second-order valence-electron chi connectivity index (χ2n) is 6.87. The lowest BCUT2D eigenvalue weighted by Crippen LogP contribution is -2.29. The molecule has 0 unspecified atom stereocenters. The molecule has 0 saturated heterocycles. The van der Waals surface area contributed by atoms with E-state index in [0.29, 0.717) is 22.4 Å². The van der Waals surface area contributed by atoms with Crippen molar-refractivity contribution in [1.29, 1.82) is 0 Å². The molecule has 0 atom stereocenters. The van der Waals surface area contributed by atoms with Gasteiger partial charge in [0.2, 0.25) is 0 Å². The molecule has 0 bridgehead atoms. The van der Waals surface area contributed by atoms with E-state index in [-0.39, 0.29) is 17.7 Å². The first kappa shape index (κ1) is 17.7. The monoisotopic (exact) mass is 370 g/mol. The summed E-state index contributed by atoms with van der Waals surface area (Å²) in [4.78, 5) is 38.8. The van der Waals surface area contributed by atoms with Crippen molar-refractivity contribution in [2.24, 2.45) is 0 Å². The number of nitrogens with one attached hydrogen (secondary N) is 1. The number of hydrogen-bond donors (Lipinski definition) is 1. The Morgan fingerprint density at radius 3 is 1.86 bits per heavy atom. The average Bonchev–Trinajstić information content (AvgIpc) is 2.92. The summed E-state index contributed by atoms with van der Waals surface area (Å²) in [6.45, 7) is 3.94. The van der Waals surface area contributed by atoms with Crippen LogP contribution in [0.1, 0.15) is 42.2 Å². The number of amides is 3. The third kappa shape index (κ3) is 3.07. The predicted molar refractivity (Wildman–Crippen MR) is 108 cm³/mol. The molecule has 138 valence electrons. The molecule has 0 aromatic heterocycles. The van der Waals surface area contributed by atoms with Crippen molar-refractivity contribution in [2.75, 3.05) is 10.2 Å². The van der Waals surface area contributed by atoms with Gasteiger partial charge in [-0.3, -0.25) is 14.4 Å². The predicted octanol–water partition coefficient (Wildman–Crippen LogP) is 4.36. The van der Waals surface area contributed by atoms with Gasteiger partial charge in [0, 0.05) is 11.3 Å². The first-order valence-electron chi connectivity index (χ1n) is 8.91. The summed E-state index contributed by atoms with van der Waals surface area (Å²) in [5, 5.41) is 2.87. The lowest BCUT2D eigenvalue weighted by Gasteiger charge is -2.14. The third-order valence-corrected chi connectivity index (χ3v) is 4.66. The number of hydrogen-bond acceptors (Lipinski definition) is 3. The summed E-state index contributed by atoms with van der Waals surface area (Å²) < 4.78 is 0. The molecular formula is C23H18N2O3. The van der Waals surface area contributed by atoms with Crippen molar-refractivity contribution in [2.45, 2.75) is 13.8 Å². The van der Waals surface area contributed by atoms with Crippen LogP contribution in [0.25, 0.3) is 0 Å².